The van der Waals surface area contributed by atoms with Crippen LogP contribution in [-0.2, 0) is 4.74 Å². The number of rotatable bonds is 6. The van der Waals surface area contributed by atoms with Crippen LogP contribution in [0.25, 0.3) is 0 Å². The molecule has 1 rings (SSSR count). The predicted octanol–water partition coefficient (Wildman–Crippen LogP) is 2.05. The number of nitrogen functional groups attached to an aromatic ring is 1. The van der Waals surface area contributed by atoms with E-state index in [1.54, 1.807) is 6.92 Å². The van der Waals surface area contributed by atoms with E-state index >= 15 is 0 Å². The molecular weight excluding hydrogens is 254 g/mol. The van der Waals surface area contributed by atoms with Crippen LogP contribution in [0.2, 0.25) is 0 Å². The van der Waals surface area contributed by atoms with Gasteiger partial charge in [0.2, 0.25) is 0 Å². The molecule has 0 saturated carbocycles. The highest BCUT2D eigenvalue weighted by atomic mass is 19.1. The van der Waals surface area contributed by atoms with Crippen LogP contribution < -0.4 is 5.73 Å². The largest absolute Gasteiger partial charge is 0.396 e. The number of amides is 1. The maximum absolute atomic E-state index is 13.8. The van der Waals surface area contributed by atoms with E-state index in [9.17, 15) is 13.6 Å². The van der Waals surface area contributed by atoms with Crippen LogP contribution in [0.3, 0.4) is 0 Å². The van der Waals surface area contributed by atoms with Gasteiger partial charge < -0.3 is 15.4 Å². The molecule has 0 aliphatic heterocycles. The lowest BCUT2D eigenvalue weighted by Gasteiger charge is -2.21. The zero-order chi connectivity index (χ0) is 14.4. The summed E-state index contributed by atoms with van der Waals surface area (Å²) in [5, 5.41) is 0. The predicted molar refractivity (Wildman–Crippen MR) is 68.8 cm³/mol. The highest BCUT2D eigenvalue weighted by molar-refractivity contribution is 5.95. The van der Waals surface area contributed by atoms with Gasteiger partial charge in [-0.25, -0.2) is 8.78 Å². The van der Waals surface area contributed by atoms with Crippen molar-refractivity contribution in [3.63, 3.8) is 0 Å². The number of hydrogen-bond acceptors (Lipinski definition) is 3. The minimum absolute atomic E-state index is 0.245. The molecule has 1 aromatic rings. The van der Waals surface area contributed by atoms with Gasteiger partial charge in [-0.2, -0.15) is 0 Å². The lowest BCUT2D eigenvalue weighted by molar-refractivity contribution is 0.0660. The first-order valence-electron chi connectivity index (χ1n) is 6.13. The summed E-state index contributed by atoms with van der Waals surface area (Å²) in [6.45, 7) is 5.01. The fourth-order valence-electron chi connectivity index (χ4n) is 1.65. The Bertz CT molecular complexity index is 453. The molecule has 0 fully saturated rings. The lowest BCUT2D eigenvalue weighted by atomic mass is 10.1. The molecular formula is C13H18F2N2O2. The summed E-state index contributed by atoms with van der Waals surface area (Å²) in [4.78, 5) is 13.4. The van der Waals surface area contributed by atoms with Crippen LogP contribution in [0.4, 0.5) is 14.5 Å². The molecule has 0 unspecified atom stereocenters. The molecule has 19 heavy (non-hydrogen) atoms. The number of nitrogens with zero attached hydrogens (tertiary/aromatic N) is 1. The van der Waals surface area contributed by atoms with Gasteiger partial charge in [-0.3, -0.25) is 4.79 Å². The smallest absolute Gasteiger partial charge is 0.259 e. The Morgan fingerprint density at radius 2 is 2.05 bits per heavy atom. The average molecular weight is 272 g/mol. The van der Waals surface area contributed by atoms with Crippen molar-refractivity contribution in [1.82, 2.24) is 4.90 Å². The molecule has 0 aliphatic rings. The van der Waals surface area contributed by atoms with Crippen molar-refractivity contribution < 1.29 is 18.3 Å². The zero-order valence-corrected chi connectivity index (χ0v) is 11.1. The molecule has 106 valence electrons. The summed E-state index contributed by atoms with van der Waals surface area (Å²) in [5.74, 6) is -2.64. The van der Waals surface area contributed by atoms with Crippen molar-refractivity contribution in [3.8, 4) is 0 Å². The number of hydrogen-bond donors (Lipinski definition) is 1. The molecule has 0 atom stereocenters. The Balaban J connectivity index is 2.94. The van der Waals surface area contributed by atoms with E-state index in [-0.39, 0.29) is 12.2 Å². The monoisotopic (exact) mass is 272 g/mol. The molecule has 2 N–H and O–H groups in total. The van der Waals surface area contributed by atoms with Gasteiger partial charge in [-0.05, 0) is 26.0 Å². The third-order valence-corrected chi connectivity index (χ3v) is 2.71. The van der Waals surface area contributed by atoms with Crippen molar-refractivity contribution in [2.45, 2.75) is 13.8 Å². The molecule has 1 aromatic carbocycles. The molecule has 0 heterocycles. The van der Waals surface area contributed by atoms with Crippen molar-refractivity contribution in [1.29, 1.82) is 0 Å². The summed E-state index contributed by atoms with van der Waals surface area (Å²) in [7, 11) is 0. The molecule has 0 saturated heterocycles. The number of carbonyl (C=O) groups is 1. The van der Waals surface area contributed by atoms with Gasteiger partial charge >= 0.3 is 0 Å². The van der Waals surface area contributed by atoms with Gasteiger partial charge in [0.25, 0.3) is 5.91 Å². The third kappa shape index (κ3) is 3.64. The highest BCUT2D eigenvalue weighted by Crippen LogP contribution is 2.20. The fraction of sp³-hybridized carbons (Fsp3) is 0.462. The summed E-state index contributed by atoms with van der Waals surface area (Å²) >= 11 is 0. The van der Waals surface area contributed by atoms with Gasteiger partial charge in [-0.1, -0.05) is 0 Å². The van der Waals surface area contributed by atoms with Crippen molar-refractivity contribution in [3.05, 3.63) is 29.3 Å². The summed E-state index contributed by atoms with van der Waals surface area (Å²) in [6, 6.07) is 2.08. The van der Waals surface area contributed by atoms with Crippen LogP contribution in [0.5, 0.6) is 0 Å². The molecule has 0 aliphatic carbocycles. The first-order valence-corrected chi connectivity index (χ1v) is 6.13. The Kier molecular flexibility index (Phi) is 5.69. The van der Waals surface area contributed by atoms with Crippen LogP contribution >= 0.6 is 0 Å². The van der Waals surface area contributed by atoms with Crippen molar-refractivity contribution >= 4 is 11.6 Å². The van der Waals surface area contributed by atoms with E-state index < -0.39 is 23.1 Å². The van der Waals surface area contributed by atoms with Crippen LogP contribution in [-0.4, -0.2) is 37.1 Å². The maximum atomic E-state index is 13.8. The van der Waals surface area contributed by atoms with E-state index in [0.717, 1.165) is 12.1 Å². The maximum Gasteiger partial charge on any atom is 0.259 e. The third-order valence-electron chi connectivity index (χ3n) is 2.71. The second-order valence-electron chi connectivity index (χ2n) is 3.91. The molecule has 4 nitrogen and oxygen atoms in total. The fourth-order valence-corrected chi connectivity index (χ4v) is 1.65. The van der Waals surface area contributed by atoms with Gasteiger partial charge in [0.1, 0.15) is 11.4 Å². The van der Waals surface area contributed by atoms with E-state index in [1.165, 1.54) is 4.90 Å². The Labute approximate surface area is 111 Å². The second-order valence-corrected chi connectivity index (χ2v) is 3.91. The molecule has 0 spiro atoms. The quantitative estimate of drug-likeness (QED) is 0.637. The average Bonchev–Trinajstić information content (AvgIpc) is 2.39. The van der Waals surface area contributed by atoms with Gasteiger partial charge in [0.15, 0.2) is 5.82 Å². The van der Waals surface area contributed by atoms with Crippen LogP contribution in [0.1, 0.15) is 24.2 Å². The number of benzene rings is 1. The van der Waals surface area contributed by atoms with E-state index in [4.69, 9.17) is 10.5 Å². The number of nitrogens with two attached hydrogens (primary N) is 1. The van der Waals surface area contributed by atoms with Gasteiger partial charge in [-0.15, -0.1) is 0 Å². The van der Waals surface area contributed by atoms with Gasteiger partial charge in [0.05, 0.1) is 12.3 Å². The minimum Gasteiger partial charge on any atom is -0.396 e. The summed E-state index contributed by atoms with van der Waals surface area (Å²) in [6.07, 6.45) is 0. The lowest BCUT2D eigenvalue weighted by Crippen LogP contribution is -2.35. The topological polar surface area (TPSA) is 55.6 Å². The molecule has 0 radical (unpaired) electrons. The first kappa shape index (κ1) is 15.4. The first-order chi connectivity index (χ1) is 9.02. The molecule has 6 heteroatoms. The SMILES string of the molecule is CCOCCN(CC)C(=O)c1c(F)ccc(N)c1F. The van der Waals surface area contributed by atoms with Crippen LogP contribution in [0.15, 0.2) is 12.1 Å². The van der Waals surface area contributed by atoms with E-state index in [0.29, 0.717) is 19.8 Å². The second kappa shape index (κ2) is 7.04. The van der Waals surface area contributed by atoms with Crippen molar-refractivity contribution in [2.24, 2.45) is 0 Å². The van der Waals surface area contributed by atoms with Crippen molar-refractivity contribution in [2.75, 3.05) is 32.0 Å². The molecule has 0 aromatic heterocycles. The van der Waals surface area contributed by atoms with Gasteiger partial charge in [0, 0.05) is 19.7 Å². The number of ether oxygens (including phenoxy) is 1. The number of likely N-dealkylation sites (N-methyl/N-ethyl adjacent to an activating group) is 1. The highest BCUT2D eigenvalue weighted by Gasteiger charge is 2.23. The summed E-state index contributed by atoms with van der Waals surface area (Å²) in [5.41, 5.74) is 4.50. The number of halogens is 2. The minimum atomic E-state index is -1.01. The zero-order valence-electron chi connectivity index (χ0n) is 11.1. The standard InChI is InChI=1S/C13H18F2N2O2/c1-3-17(7-8-19-4-2)13(18)11-9(14)5-6-10(16)12(11)15/h5-6H,3-4,7-8,16H2,1-2H3. The van der Waals surface area contributed by atoms with Crippen LogP contribution in [0, 0.1) is 11.6 Å². The Morgan fingerprint density at radius 1 is 1.37 bits per heavy atom. The van der Waals surface area contributed by atoms with E-state index in [1.807, 2.05) is 6.92 Å². The summed E-state index contributed by atoms with van der Waals surface area (Å²) < 4.78 is 32.5. The molecule has 1 amide bonds. The van der Waals surface area contributed by atoms with E-state index in [2.05, 4.69) is 0 Å². The number of anilines is 1. The Morgan fingerprint density at radius 3 is 2.63 bits per heavy atom. The normalized spacial score (nSPS) is 10.5. The Hall–Kier alpha value is -1.69. The molecule has 0 bridgehead atoms. The number of carbonyl (C=O) groups excluding carboxylic acids is 1.